The van der Waals surface area contributed by atoms with Gasteiger partial charge in [-0.15, -0.1) is 4.40 Å². The van der Waals surface area contributed by atoms with Crippen LogP contribution in [0.2, 0.25) is 0 Å². The molecule has 32 heavy (non-hydrogen) atoms. The SMILES string of the molecule is CC(C)CCn1c(=O)c(C2=NS(=O)(=O)c3ccccc3N2)c(O)c2ccc(C(=O)O)cc21. The number of fused-ring (bicyclic) bond motifs is 2. The number of carboxylic acids is 1. The van der Waals surface area contributed by atoms with E-state index in [0.29, 0.717) is 6.42 Å². The van der Waals surface area contributed by atoms with Crippen LogP contribution < -0.4 is 10.9 Å². The minimum absolute atomic E-state index is 0.0322. The summed E-state index contributed by atoms with van der Waals surface area (Å²) in [5.74, 6) is -1.68. The van der Waals surface area contributed by atoms with Gasteiger partial charge >= 0.3 is 5.97 Å². The lowest BCUT2D eigenvalue weighted by Crippen LogP contribution is -2.33. The minimum Gasteiger partial charge on any atom is -0.506 e. The molecule has 0 fully saturated rings. The Bertz CT molecular complexity index is 1450. The van der Waals surface area contributed by atoms with Crippen LogP contribution in [-0.2, 0) is 16.6 Å². The molecule has 166 valence electrons. The van der Waals surface area contributed by atoms with Crippen LogP contribution in [0.3, 0.4) is 0 Å². The summed E-state index contributed by atoms with van der Waals surface area (Å²) in [5.41, 5.74) is -0.503. The summed E-state index contributed by atoms with van der Waals surface area (Å²) in [4.78, 5) is 24.9. The smallest absolute Gasteiger partial charge is 0.335 e. The number of aryl methyl sites for hydroxylation is 1. The van der Waals surface area contributed by atoms with Crippen LogP contribution in [0.5, 0.6) is 5.75 Å². The van der Waals surface area contributed by atoms with Gasteiger partial charge in [-0.05, 0) is 42.7 Å². The van der Waals surface area contributed by atoms with Crippen LogP contribution in [0.1, 0.15) is 36.2 Å². The fourth-order valence-corrected chi connectivity index (χ4v) is 4.74. The average Bonchev–Trinajstić information content (AvgIpc) is 2.72. The number of carboxylic acid groups (broad SMARTS) is 1. The number of aromatic hydroxyl groups is 1. The molecule has 2 aromatic carbocycles. The van der Waals surface area contributed by atoms with Crippen molar-refractivity contribution in [1.29, 1.82) is 0 Å². The van der Waals surface area contributed by atoms with Crippen molar-refractivity contribution < 1.29 is 23.4 Å². The molecule has 0 spiro atoms. The highest BCUT2D eigenvalue weighted by Crippen LogP contribution is 2.32. The molecule has 0 amide bonds. The third kappa shape index (κ3) is 3.62. The molecule has 3 aromatic rings. The van der Waals surface area contributed by atoms with E-state index in [1.165, 1.54) is 34.9 Å². The van der Waals surface area contributed by atoms with Crippen LogP contribution in [0.4, 0.5) is 5.69 Å². The van der Waals surface area contributed by atoms with Crippen molar-refractivity contribution in [2.75, 3.05) is 5.32 Å². The number of hydrogen-bond donors (Lipinski definition) is 3. The van der Waals surface area contributed by atoms with E-state index in [9.17, 15) is 28.2 Å². The van der Waals surface area contributed by atoms with Crippen molar-refractivity contribution in [1.82, 2.24) is 4.57 Å². The Labute approximate surface area is 183 Å². The monoisotopic (exact) mass is 455 g/mol. The number of hydrogen-bond acceptors (Lipinski definition) is 6. The molecule has 0 saturated carbocycles. The molecule has 2 heterocycles. The van der Waals surface area contributed by atoms with Crippen molar-refractivity contribution in [3.8, 4) is 5.75 Å². The highest BCUT2D eigenvalue weighted by atomic mass is 32.2. The summed E-state index contributed by atoms with van der Waals surface area (Å²) in [5, 5.41) is 23.4. The Balaban J connectivity index is 2.01. The predicted octanol–water partition coefficient (Wildman–Crippen LogP) is 3.01. The molecule has 0 saturated heterocycles. The van der Waals surface area contributed by atoms with Gasteiger partial charge in [0.25, 0.3) is 15.6 Å². The fourth-order valence-electron chi connectivity index (χ4n) is 3.61. The van der Waals surface area contributed by atoms with Gasteiger partial charge in [0, 0.05) is 11.9 Å². The Hall–Kier alpha value is -3.66. The number of rotatable bonds is 5. The summed E-state index contributed by atoms with van der Waals surface area (Å²) in [7, 11) is -4.09. The molecule has 1 aliphatic rings. The van der Waals surface area contributed by atoms with Gasteiger partial charge in [0.1, 0.15) is 16.2 Å². The molecule has 0 radical (unpaired) electrons. The van der Waals surface area contributed by atoms with Gasteiger partial charge in [-0.1, -0.05) is 26.0 Å². The third-order valence-electron chi connectivity index (χ3n) is 5.28. The van der Waals surface area contributed by atoms with E-state index < -0.39 is 27.3 Å². The average molecular weight is 455 g/mol. The zero-order valence-corrected chi connectivity index (χ0v) is 18.2. The lowest BCUT2D eigenvalue weighted by molar-refractivity contribution is 0.0697. The van der Waals surface area contributed by atoms with Crippen LogP contribution >= 0.6 is 0 Å². The first-order valence-corrected chi connectivity index (χ1v) is 11.4. The Morgan fingerprint density at radius 1 is 1.19 bits per heavy atom. The molecule has 4 rings (SSSR count). The zero-order chi connectivity index (χ0) is 23.2. The summed E-state index contributed by atoms with van der Waals surface area (Å²) in [6, 6.07) is 10.2. The van der Waals surface area contributed by atoms with Crippen LogP contribution in [-0.4, -0.2) is 35.0 Å². The second-order valence-corrected chi connectivity index (χ2v) is 9.51. The van der Waals surface area contributed by atoms with Gasteiger partial charge < -0.3 is 20.1 Å². The van der Waals surface area contributed by atoms with Gasteiger partial charge in [-0.25, -0.2) is 4.79 Å². The second-order valence-electron chi connectivity index (χ2n) is 7.94. The first-order chi connectivity index (χ1) is 15.1. The van der Waals surface area contributed by atoms with Gasteiger partial charge in [0.2, 0.25) is 0 Å². The summed E-state index contributed by atoms with van der Waals surface area (Å²) in [6.45, 7) is 4.21. The molecular weight excluding hydrogens is 434 g/mol. The molecule has 10 heteroatoms. The molecular formula is C22H21N3O6S. The van der Waals surface area contributed by atoms with E-state index in [2.05, 4.69) is 9.71 Å². The van der Waals surface area contributed by atoms with Gasteiger partial charge in [0.15, 0.2) is 5.84 Å². The topological polar surface area (TPSA) is 138 Å². The largest absolute Gasteiger partial charge is 0.506 e. The number of pyridine rings is 1. The van der Waals surface area contributed by atoms with Crippen molar-refractivity contribution in [3.63, 3.8) is 0 Å². The molecule has 0 unspecified atom stereocenters. The van der Waals surface area contributed by atoms with E-state index in [0.717, 1.165) is 0 Å². The van der Waals surface area contributed by atoms with Crippen molar-refractivity contribution in [2.45, 2.75) is 31.7 Å². The fraction of sp³-hybridized carbons (Fsp3) is 0.227. The number of benzene rings is 2. The molecule has 9 nitrogen and oxygen atoms in total. The number of carbonyl (C=O) groups is 1. The number of sulfonamides is 1. The minimum atomic E-state index is -4.09. The maximum absolute atomic E-state index is 13.5. The number of nitrogens with zero attached hydrogens (tertiary/aromatic N) is 2. The van der Waals surface area contributed by atoms with Crippen molar-refractivity contribution in [3.05, 3.63) is 63.9 Å². The highest BCUT2D eigenvalue weighted by molar-refractivity contribution is 7.90. The molecule has 1 aliphatic heterocycles. The highest BCUT2D eigenvalue weighted by Gasteiger charge is 2.29. The first kappa shape index (κ1) is 21.6. The summed E-state index contributed by atoms with van der Waals surface area (Å²) < 4.78 is 30.5. The molecule has 0 atom stereocenters. The summed E-state index contributed by atoms with van der Waals surface area (Å²) >= 11 is 0. The maximum Gasteiger partial charge on any atom is 0.335 e. The second kappa shape index (κ2) is 7.79. The van der Waals surface area contributed by atoms with Crippen LogP contribution in [0, 0.1) is 5.92 Å². The van der Waals surface area contributed by atoms with Gasteiger partial charge in [-0.2, -0.15) is 8.42 Å². The number of aromatic carboxylic acids is 1. The van der Waals surface area contributed by atoms with E-state index in [1.54, 1.807) is 12.1 Å². The van der Waals surface area contributed by atoms with E-state index in [4.69, 9.17) is 0 Å². The van der Waals surface area contributed by atoms with Crippen molar-refractivity contribution in [2.24, 2.45) is 10.3 Å². The molecule has 3 N–H and O–H groups in total. The Morgan fingerprint density at radius 3 is 2.59 bits per heavy atom. The van der Waals surface area contributed by atoms with E-state index in [-0.39, 0.29) is 50.9 Å². The van der Waals surface area contributed by atoms with Gasteiger partial charge in [0.05, 0.1) is 16.8 Å². The molecule has 0 bridgehead atoms. The lowest BCUT2D eigenvalue weighted by atomic mass is 10.0. The summed E-state index contributed by atoms with van der Waals surface area (Å²) in [6.07, 6.45) is 0.609. The number of amidine groups is 1. The molecule has 1 aromatic heterocycles. The third-order valence-corrected chi connectivity index (χ3v) is 6.62. The normalized spacial score (nSPS) is 14.7. The number of nitrogens with one attached hydrogen (secondary N) is 1. The first-order valence-electron chi connectivity index (χ1n) is 9.94. The number of aromatic nitrogens is 1. The standard InChI is InChI=1S/C22H21N3O6S/c1-12(2)9-10-25-16-11-13(22(28)29)7-8-14(16)19(26)18(21(25)27)20-23-15-5-3-4-6-17(15)32(30,31)24-20/h3-8,11-12,26H,9-10H2,1-2H3,(H,23,24)(H,28,29). The van der Waals surface area contributed by atoms with E-state index >= 15 is 0 Å². The lowest BCUT2D eigenvalue weighted by Gasteiger charge is -2.21. The number of anilines is 1. The Kier molecular flexibility index (Phi) is 5.25. The molecule has 0 aliphatic carbocycles. The number of para-hydroxylation sites is 1. The maximum atomic E-state index is 13.5. The quantitative estimate of drug-likeness (QED) is 0.537. The Morgan fingerprint density at radius 2 is 1.91 bits per heavy atom. The predicted molar refractivity (Wildman–Crippen MR) is 120 cm³/mol. The van der Waals surface area contributed by atoms with Crippen molar-refractivity contribution >= 4 is 38.4 Å². The van der Waals surface area contributed by atoms with Crippen LogP contribution in [0.25, 0.3) is 10.9 Å². The van der Waals surface area contributed by atoms with Crippen LogP contribution in [0.15, 0.2) is 56.6 Å². The van der Waals surface area contributed by atoms with E-state index in [1.807, 2.05) is 13.8 Å². The zero-order valence-electron chi connectivity index (χ0n) is 17.4. The van der Waals surface area contributed by atoms with Gasteiger partial charge in [-0.3, -0.25) is 4.79 Å².